The van der Waals surface area contributed by atoms with Gasteiger partial charge in [0.1, 0.15) is 12.1 Å². The summed E-state index contributed by atoms with van der Waals surface area (Å²) in [4.78, 5) is 38.7. The minimum Gasteiger partial charge on any atom is -0.324 e. The molecule has 1 saturated heterocycles. The van der Waals surface area contributed by atoms with E-state index in [1.807, 2.05) is 49.4 Å². The Hall–Kier alpha value is -3.15. The van der Waals surface area contributed by atoms with Crippen LogP contribution in [-0.4, -0.2) is 29.3 Å². The van der Waals surface area contributed by atoms with Gasteiger partial charge in [0, 0.05) is 5.69 Å². The SMILES string of the molecule is CCCc1ccc(C2(C)NC(=O)N(CC(=O)Nc3ccccc3C)C2=O)cc1. The number of nitrogens with zero attached hydrogens (tertiary/aromatic N) is 1. The Kier molecular flexibility index (Phi) is 5.49. The molecule has 0 saturated carbocycles. The number of carbonyl (C=O) groups excluding carboxylic acids is 3. The maximum Gasteiger partial charge on any atom is 0.325 e. The highest BCUT2D eigenvalue weighted by atomic mass is 16.2. The van der Waals surface area contributed by atoms with Crippen LogP contribution in [0.25, 0.3) is 0 Å². The zero-order valence-corrected chi connectivity index (χ0v) is 16.4. The standard InChI is InChI=1S/C22H25N3O3/c1-4-7-16-10-12-17(13-11-16)22(3)20(27)25(21(28)24-22)14-19(26)23-18-9-6-5-8-15(18)2/h5-6,8-13H,4,7,14H2,1-3H3,(H,23,26)(H,24,28). The summed E-state index contributed by atoms with van der Waals surface area (Å²) in [5.41, 5.74) is 2.28. The normalized spacial score (nSPS) is 18.9. The predicted molar refractivity (Wildman–Crippen MR) is 108 cm³/mol. The number of hydrogen-bond donors (Lipinski definition) is 2. The van der Waals surface area contributed by atoms with E-state index in [1.165, 1.54) is 5.56 Å². The molecule has 2 N–H and O–H groups in total. The number of imide groups is 1. The second kappa shape index (κ2) is 7.84. The van der Waals surface area contributed by atoms with Gasteiger partial charge in [-0.2, -0.15) is 0 Å². The molecule has 1 aliphatic rings. The molecule has 6 nitrogen and oxygen atoms in total. The van der Waals surface area contributed by atoms with E-state index >= 15 is 0 Å². The monoisotopic (exact) mass is 379 g/mol. The van der Waals surface area contributed by atoms with Crippen LogP contribution in [0, 0.1) is 6.92 Å². The van der Waals surface area contributed by atoms with Gasteiger partial charge >= 0.3 is 6.03 Å². The van der Waals surface area contributed by atoms with Crippen LogP contribution in [0.3, 0.4) is 0 Å². The van der Waals surface area contributed by atoms with E-state index < -0.39 is 23.4 Å². The molecule has 0 aromatic heterocycles. The van der Waals surface area contributed by atoms with Crippen LogP contribution in [0.4, 0.5) is 10.5 Å². The van der Waals surface area contributed by atoms with Crippen LogP contribution >= 0.6 is 0 Å². The lowest BCUT2D eigenvalue weighted by Crippen LogP contribution is -2.42. The van der Waals surface area contributed by atoms with Crippen molar-refractivity contribution >= 4 is 23.5 Å². The van der Waals surface area contributed by atoms with Crippen LogP contribution in [-0.2, 0) is 21.5 Å². The Labute approximate surface area is 164 Å². The fraction of sp³-hybridized carbons (Fsp3) is 0.318. The third-order valence-electron chi connectivity index (χ3n) is 5.07. The summed E-state index contributed by atoms with van der Waals surface area (Å²) in [6, 6.07) is 14.4. The molecular formula is C22H25N3O3. The summed E-state index contributed by atoms with van der Waals surface area (Å²) in [5.74, 6) is -0.846. The second-order valence-corrected chi connectivity index (χ2v) is 7.26. The average Bonchev–Trinajstić information content (AvgIpc) is 2.88. The van der Waals surface area contributed by atoms with E-state index in [0.29, 0.717) is 11.3 Å². The van der Waals surface area contributed by atoms with Gasteiger partial charge in [-0.1, -0.05) is 55.8 Å². The molecule has 1 atom stereocenters. The smallest absolute Gasteiger partial charge is 0.324 e. The highest BCUT2D eigenvalue weighted by Crippen LogP contribution is 2.29. The molecule has 4 amide bonds. The highest BCUT2D eigenvalue weighted by molar-refractivity contribution is 6.10. The van der Waals surface area contributed by atoms with Gasteiger partial charge in [-0.15, -0.1) is 0 Å². The number of hydrogen-bond acceptors (Lipinski definition) is 3. The third kappa shape index (κ3) is 3.76. The van der Waals surface area contributed by atoms with Crippen LogP contribution in [0.2, 0.25) is 0 Å². The van der Waals surface area contributed by atoms with E-state index in [9.17, 15) is 14.4 Å². The first kappa shape index (κ1) is 19.6. The van der Waals surface area contributed by atoms with Gasteiger partial charge in [0.2, 0.25) is 5.91 Å². The second-order valence-electron chi connectivity index (χ2n) is 7.26. The summed E-state index contributed by atoms with van der Waals surface area (Å²) in [6.45, 7) is 5.32. The summed E-state index contributed by atoms with van der Waals surface area (Å²) >= 11 is 0. The van der Waals surface area contributed by atoms with Crippen LogP contribution in [0.15, 0.2) is 48.5 Å². The van der Waals surface area contributed by atoms with Crippen molar-refractivity contribution in [3.63, 3.8) is 0 Å². The zero-order chi connectivity index (χ0) is 20.3. The molecule has 2 aromatic rings. The summed E-state index contributed by atoms with van der Waals surface area (Å²) in [7, 11) is 0. The summed E-state index contributed by atoms with van der Waals surface area (Å²) in [6.07, 6.45) is 2.00. The van der Waals surface area contributed by atoms with Gasteiger partial charge in [0.05, 0.1) is 0 Å². The number of para-hydroxylation sites is 1. The van der Waals surface area contributed by atoms with Crippen molar-refractivity contribution in [1.29, 1.82) is 0 Å². The predicted octanol–water partition coefficient (Wildman–Crippen LogP) is 3.35. The third-order valence-corrected chi connectivity index (χ3v) is 5.07. The Morgan fingerprint density at radius 3 is 2.43 bits per heavy atom. The summed E-state index contributed by atoms with van der Waals surface area (Å²) in [5, 5.41) is 5.49. The molecular weight excluding hydrogens is 354 g/mol. The molecule has 28 heavy (non-hydrogen) atoms. The van der Waals surface area contributed by atoms with Gasteiger partial charge in [-0.3, -0.25) is 14.5 Å². The van der Waals surface area contributed by atoms with E-state index in [1.54, 1.807) is 13.0 Å². The maximum absolute atomic E-state index is 13.0. The lowest BCUT2D eigenvalue weighted by atomic mass is 9.91. The maximum atomic E-state index is 13.0. The van der Waals surface area contributed by atoms with Crippen molar-refractivity contribution in [2.75, 3.05) is 11.9 Å². The molecule has 0 spiro atoms. The van der Waals surface area contributed by atoms with Crippen molar-refractivity contribution in [3.05, 3.63) is 65.2 Å². The van der Waals surface area contributed by atoms with Gasteiger partial charge in [-0.05, 0) is 43.0 Å². The van der Waals surface area contributed by atoms with Crippen molar-refractivity contribution in [2.45, 2.75) is 39.2 Å². The van der Waals surface area contributed by atoms with Gasteiger partial charge in [0.15, 0.2) is 0 Å². The largest absolute Gasteiger partial charge is 0.325 e. The van der Waals surface area contributed by atoms with E-state index in [4.69, 9.17) is 0 Å². The minimum absolute atomic E-state index is 0.331. The molecule has 3 rings (SSSR count). The number of rotatable bonds is 6. The lowest BCUT2D eigenvalue weighted by Gasteiger charge is -2.22. The van der Waals surface area contributed by atoms with E-state index in [-0.39, 0.29) is 6.54 Å². The van der Waals surface area contributed by atoms with Gasteiger partial charge < -0.3 is 10.6 Å². The number of urea groups is 1. The lowest BCUT2D eigenvalue weighted by molar-refractivity contribution is -0.133. The molecule has 0 bridgehead atoms. The van der Waals surface area contributed by atoms with Crippen molar-refractivity contribution < 1.29 is 14.4 Å². The fourth-order valence-electron chi connectivity index (χ4n) is 3.38. The van der Waals surface area contributed by atoms with E-state index in [2.05, 4.69) is 17.6 Å². The first-order valence-corrected chi connectivity index (χ1v) is 9.44. The average molecular weight is 379 g/mol. The Bertz CT molecular complexity index is 907. The summed E-state index contributed by atoms with van der Waals surface area (Å²) < 4.78 is 0. The Morgan fingerprint density at radius 1 is 1.11 bits per heavy atom. The molecule has 1 aliphatic heterocycles. The first-order chi connectivity index (χ1) is 13.3. The number of carbonyl (C=O) groups is 3. The number of anilines is 1. The molecule has 2 aromatic carbocycles. The zero-order valence-electron chi connectivity index (χ0n) is 16.4. The number of nitrogens with one attached hydrogen (secondary N) is 2. The topological polar surface area (TPSA) is 78.5 Å². The fourth-order valence-corrected chi connectivity index (χ4v) is 3.38. The number of amides is 4. The number of aryl methyl sites for hydroxylation is 2. The highest BCUT2D eigenvalue weighted by Gasteiger charge is 2.49. The Balaban J connectivity index is 1.73. The molecule has 6 heteroatoms. The molecule has 146 valence electrons. The molecule has 0 aliphatic carbocycles. The Morgan fingerprint density at radius 2 is 1.79 bits per heavy atom. The molecule has 1 heterocycles. The van der Waals surface area contributed by atoms with Crippen LogP contribution in [0.5, 0.6) is 0 Å². The molecule has 1 fully saturated rings. The van der Waals surface area contributed by atoms with E-state index in [0.717, 1.165) is 23.3 Å². The van der Waals surface area contributed by atoms with Gasteiger partial charge in [0.25, 0.3) is 5.91 Å². The van der Waals surface area contributed by atoms with Crippen molar-refractivity contribution in [1.82, 2.24) is 10.2 Å². The van der Waals surface area contributed by atoms with Crippen molar-refractivity contribution in [3.8, 4) is 0 Å². The van der Waals surface area contributed by atoms with Crippen molar-refractivity contribution in [2.24, 2.45) is 0 Å². The van der Waals surface area contributed by atoms with Gasteiger partial charge in [-0.25, -0.2) is 4.79 Å². The quantitative estimate of drug-likeness (QED) is 0.756. The van der Waals surface area contributed by atoms with Crippen LogP contribution in [0.1, 0.15) is 37.0 Å². The minimum atomic E-state index is -1.18. The van der Waals surface area contributed by atoms with Crippen LogP contribution < -0.4 is 10.6 Å². The first-order valence-electron chi connectivity index (χ1n) is 9.44. The molecule has 0 radical (unpaired) electrons. The number of benzene rings is 2. The molecule has 1 unspecified atom stereocenters.